The van der Waals surface area contributed by atoms with E-state index in [0.29, 0.717) is 16.1 Å². The zero-order valence-corrected chi connectivity index (χ0v) is 13.3. The van der Waals surface area contributed by atoms with Gasteiger partial charge in [0.15, 0.2) is 5.78 Å². The van der Waals surface area contributed by atoms with Gasteiger partial charge in [0.25, 0.3) is 0 Å². The van der Waals surface area contributed by atoms with Gasteiger partial charge in [0.1, 0.15) is 0 Å². The number of carbonyl (C=O) groups is 1. The minimum Gasteiger partial charge on any atom is -0.378 e. The van der Waals surface area contributed by atoms with Crippen LogP contribution in [-0.2, 0) is 4.74 Å². The Hall–Kier alpha value is -1.84. The first kappa shape index (κ1) is 15.1. The zero-order chi connectivity index (χ0) is 15.5. The Labute approximate surface area is 135 Å². The molecule has 1 aliphatic rings. The quantitative estimate of drug-likeness (QED) is 0.809. The van der Waals surface area contributed by atoms with Crippen LogP contribution in [0.4, 0.5) is 5.69 Å². The Morgan fingerprint density at radius 1 is 1.05 bits per heavy atom. The van der Waals surface area contributed by atoms with Crippen LogP contribution in [0.1, 0.15) is 21.5 Å². The first-order valence-corrected chi connectivity index (χ1v) is 7.76. The lowest BCUT2D eigenvalue weighted by molar-refractivity contribution is 0.103. The second-order valence-corrected chi connectivity index (χ2v) is 5.85. The SMILES string of the molecule is Cc1ccc(C(=O)c2ccc(N3CCOCC3)cc2)cc1Cl. The number of morpholine rings is 1. The topological polar surface area (TPSA) is 29.5 Å². The van der Waals surface area contributed by atoms with Crippen molar-refractivity contribution in [2.75, 3.05) is 31.2 Å². The molecule has 1 saturated heterocycles. The summed E-state index contributed by atoms with van der Waals surface area (Å²) in [6.07, 6.45) is 0. The van der Waals surface area contributed by atoms with Gasteiger partial charge in [0.05, 0.1) is 13.2 Å². The van der Waals surface area contributed by atoms with Crippen LogP contribution in [-0.4, -0.2) is 32.1 Å². The van der Waals surface area contributed by atoms with Crippen molar-refractivity contribution < 1.29 is 9.53 Å². The lowest BCUT2D eigenvalue weighted by atomic mass is 10.0. The second kappa shape index (κ2) is 6.51. The Morgan fingerprint density at radius 2 is 1.68 bits per heavy atom. The van der Waals surface area contributed by atoms with E-state index in [0.717, 1.165) is 37.6 Å². The van der Waals surface area contributed by atoms with Crippen LogP contribution >= 0.6 is 11.6 Å². The van der Waals surface area contributed by atoms with Crippen LogP contribution in [0.3, 0.4) is 0 Å². The van der Waals surface area contributed by atoms with E-state index < -0.39 is 0 Å². The molecule has 0 bridgehead atoms. The highest BCUT2D eigenvalue weighted by atomic mass is 35.5. The molecule has 0 aromatic heterocycles. The van der Waals surface area contributed by atoms with Gasteiger partial charge < -0.3 is 9.64 Å². The molecule has 1 fully saturated rings. The van der Waals surface area contributed by atoms with E-state index in [9.17, 15) is 4.79 Å². The van der Waals surface area contributed by atoms with Crippen LogP contribution in [0.5, 0.6) is 0 Å². The third-order valence-corrected chi connectivity index (χ3v) is 4.35. The van der Waals surface area contributed by atoms with E-state index in [-0.39, 0.29) is 5.78 Å². The molecule has 0 amide bonds. The van der Waals surface area contributed by atoms with Crippen LogP contribution < -0.4 is 4.90 Å². The first-order valence-electron chi connectivity index (χ1n) is 7.39. The summed E-state index contributed by atoms with van der Waals surface area (Å²) in [4.78, 5) is 14.8. The van der Waals surface area contributed by atoms with Gasteiger partial charge in [0, 0.05) is 34.9 Å². The monoisotopic (exact) mass is 315 g/mol. The van der Waals surface area contributed by atoms with E-state index in [1.807, 2.05) is 43.3 Å². The second-order valence-electron chi connectivity index (χ2n) is 5.44. The summed E-state index contributed by atoms with van der Waals surface area (Å²) in [7, 11) is 0. The van der Waals surface area contributed by atoms with Gasteiger partial charge in [-0.15, -0.1) is 0 Å². The zero-order valence-electron chi connectivity index (χ0n) is 12.5. The maximum Gasteiger partial charge on any atom is 0.193 e. The van der Waals surface area contributed by atoms with E-state index in [2.05, 4.69) is 4.90 Å². The molecule has 3 nitrogen and oxygen atoms in total. The molecular weight excluding hydrogens is 298 g/mol. The molecule has 3 rings (SSSR count). The van der Waals surface area contributed by atoms with Crippen LogP contribution in [0.2, 0.25) is 5.02 Å². The molecule has 2 aromatic rings. The number of nitrogens with zero attached hydrogens (tertiary/aromatic N) is 1. The van der Waals surface area contributed by atoms with Gasteiger partial charge in [-0.2, -0.15) is 0 Å². The third kappa shape index (κ3) is 3.16. The average molecular weight is 316 g/mol. The number of hydrogen-bond acceptors (Lipinski definition) is 3. The predicted molar refractivity (Wildman–Crippen MR) is 89.1 cm³/mol. The molecule has 1 heterocycles. The Morgan fingerprint density at radius 3 is 2.32 bits per heavy atom. The molecular formula is C18H18ClNO2. The molecule has 0 saturated carbocycles. The number of aryl methyl sites for hydroxylation is 1. The van der Waals surface area contributed by atoms with Crippen molar-refractivity contribution in [3.8, 4) is 0 Å². The summed E-state index contributed by atoms with van der Waals surface area (Å²) >= 11 is 6.10. The maximum absolute atomic E-state index is 12.5. The molecule has 0 radical (unpaired) electrons. The number of anilines is 1. The third-order valence-electron chi connectivity index (χ3n) is 3.94. The van der Waals surface area contributed by atoms with Crippen molar-refractivity contribution in [3.05, 3.63) is 64.2 Å². The highest BCUT2D eigenvalue weighted by Crippen LogP contribution is 2.21. The highest BCUT2D eigenvalue weighted by Gasteiger charge is 2.13. The number of ether oxygens (including phenoxy) is 1. The van der Waals surface area contributed by atoms with Gasteiger partial charge in [-0.1, -0.05) is 23.7 Å². The van der Waals surface area contributed by atoms with E-state index in [1.165, 1.54) is 0 Å². The van der Waals surface area contributed by atoms with E-state index in [1.54, 1.807) is 6.07 Å². The first-order chi connectivity index (χ1) is 10.6. The molecule has 22 heavy (non-hydrogen) atoms. The van der Waals surface area contributed by atoms with Gasteiger partial charge in [-0.25, -0.2) is 0 Å². The number of halogens is 1. The molecule has 4 heteroatoms. The molecule has 0 aliphatic carbocycles. The van der Waals surface area contributed by atoms with Crippen LogP contribution in [0, 0.1) is 6.92 Å². The van der Waals surface area contributed by atoms with Crippen molar-refractivity contribution in [1.82, 2.24) is 0 Å². The number of rotatable bonds is 3. The van der Waals surface area contributed by atoms with Crippen molar-refractivity contribution in [1.29, 1.82) is 0 Å². The Balaban J connectivity index is 1.79. The number of benzene rings is 2. The fourth-order valence-corrected chi connectivity index (χ4v) is 2.73. The molecule has 0 atom stereocenters. The Kier molecular flexibility index (Phi) is 4.46. The van der Waals surface area contributed by atoms with Crippen molar-refractivity contribution in [2.45, 2.75) is 6.92 Å². The molecule has 0 N–H and O–H groups in total. The summed E-state index contributed by atoms with van der Waals surface area (Å²) in [5.74, 6) is -0.00423. The summed E-state index contributed by atoms with van der Waals surface area (Å²) in [6.45, 7) is 5.21. The Bertz CT molecular complexity index is 676. The standard InChI is InChI=1S/C18H18ClNO2/c1-13-2-3-15(12-17(13)19)18(21)14-4-6-16(7-5-14)20-8-10-22-11-9-20/h2-7,12H,8-11H2,1H3. The fourth-order valence-electron chi connectivity index (χ4n) is 2.55. The molecule has 114 valence electrons. The minimum atomic E-state index is -0.00423. The average Bonchev–Trinajstić information content (AvgIpc) is 2.58. The summed E-state index contributed by atoms with van der Waals surface area (Å²) < 4.78 is 5.35. The van der Waals surface area contributed by atoms with Crippen molar-refractivity contribution >= 4 is 23.1 Å². The van der Waals surface area contributed by atoms with Gasteiger partial charge in [0.2, 0.25) is 0 Å². The smallest absolute Gasteiger partial charge is 0.193 e. The summed E-state index contributed by atoms with van der Waals surface area (Å²) in [5, 5.41) is 0.621. The normalized spacial score (nSPS) is 14.9. The minimum absolute atomic E-state index is 0.00423. The van der Waals surface area contributed by atoms with Crippen LogP contribution in [0.25, 0.3) is 0 Å². The summed E-state index contributed by atoms with van der Waals surface area (Å²) in [6, 6.07) is 13.2. The number of hydrogen-bond donors (Lipinski definition) is 0. The number of ketones is 1. The largest absolute Gasteiger partial charge is 0.378 e. The van der Waals surface area contributed by atoms with Crippen molar-refractivity contribution in [2.24, 2.45) is 0 Å². The lowest BCUT2D eigenvalue weighted by Crippen LogP contribution is -2.36. The van der Waals surface area contributed by atoms with E-state index in [4.69, 9.17) is 16.3 Å². The highest BCUT2D eigenvalue weighted by molar-refractivity contribution is 6.31. The molecule has 0 unspecified atom stereocenters. The fraction of sp³-hybridized carbons (Fsp3) is 0.278. The number of carbonyl (C=O) groups excluding carboxylic acids is 1. The molecule has 1 aliphatic heterocycles. The lowest BCUT2D eigenvalue weighted by Gasteiger charge is -2.28. The van der Waals surface area contributed by atoms with E-state index >= 15 is 0 Å². The van der Waals surface area contributed by atoms with Gasteiger partial charge in [-0.3, -0.25) is 4.79 Å². The molecule has 0 spiro atoms. The van der Waals surface area contributed by atoms with Crippen LogP contribution in [0.15, 0.2) is 42.5 Å². The van der Waals surface area contributed by atoms with Crippen molar-refractivity contribution in [3.63, 3.8) is 0 Å². The van der Waals surface area contributed by atoms with Gasteiger partial charge in [-0.05, 0) is 42.8 Å². The van der Waals surface area contributed by atoms with Gasteiger partial charge >= 0.3 is 0 Å². The summed E-state index contributed by atoms with van der Waals surface area (Å²) in [5.41, 5.74) is 3.40. The molecule has 2 aromatic carbocycles. The maximum atomic E-state index is 12.5. The predicted octanol–water partition coefficient (Wildman–Crippen LogP) is 3.72.